The molecule has 0 aliphatic heterocycles. The van der Waals surface area contributed by atoms with E-state index in [9.17, 15) is 0 Å². The molecule has 0 spiro atoms. The van der Waals surface area contributed by atoms with Crippen LogP contribution in [0.4, 0.5) is 5.69 Å². The summed E-state index contributed by atoms with van der Waals surface area (Å²) >= 11 is 0. The summed E-state index contributed by atoms with van der Waals surface area (Å²) in [6, 6.07) is 12.2. The molecule has 0 saturated carbocycles. The standard InChI is InChI=1S/C21H27N3O2/c1-3-26-20-13-15(11-12-19(20)25-2)14-23-21(22)24-18-10-6-8-16-7-4-5-9-17(16)18/h6,8,10-13H,3-5,7,9,14H2,1-2H3,(H3,22,23,24). The first-order chi connectivity index (χ1) is 12.7. The van der Waals surface area contributed by atoms with Crippen LogP contribution in [0.25, 0.3) is 0 Å². The Morgan fingerprint density at radius 1 is 1.15 bits per heavy atom. The summed E-state index contributed by atoms with van der Waals surface area (Å²) < 4.78 is 10.9. The van der Waals surface area contributed by atoms with Crippen LogP contribution >= 0.6 is 0 Å². The molecule has 1 aliphatic rings. The molecule has 1 aliphatic carbocycles. The Balaban J connectivity index is 1.70. The largest absolute Gasteiger partial charge is 0.493 e. The number of nitrogens with one attached hydrogen (secondary N) is 1. The van der Waals surface area contributed by atoms with Gasteiger partial charge in [-0.3, -0.25) is 0 Å². The molecule has 5 heteroatoms. The monoisotopic (exact) mass is 353 g/mol. The predicted octanol–water partition coefficient (Wildman–Crippen LogP) is 3.90. The van der Waals surface area contributed by atoms with Crippen LogP contribution in [0.3, 0.4) is 0 Å². The molecule has 0 saturated heterocycles. The summed E-state index contributed by atoms with van der Waals surface area (Å²) in [7, 11) is 1.64. The fourth-order valence-electron chi connectivity index (χ4n) is 3.34. The van der Waals surface area contributed by atoms with Gasteiger partial charge in [0.15, 0.2) is 17.5 Å². The van der Waals surface area contributed by atoms with Crippen LogP contribution in [-0.4, -0.2) is 19.7 Å². The lowest BCUT2D eigenvalue weighted by molar-refractivity contribution is 0.310. The highest BCUT2D eigenvalue weighted by Crippen LogP contribution is 2.29. The quantitative estimate of drug-likeness (QED) is 0.610. The van der Waals surface area contributed by atoms with Crippen molar-refractivity contribution >= 4 is 11.6 Å². The number of hydrogen-bond acceptors (Lipinski definition) is 3. The molecule has 138 valence electrons. The maximum Gasteiger partial charge on any atom is 0.193 e. The van der Waals surface area contributed by atoms with E-state index in [4.69, 9.17) is 15.2 Å². The van der Waals surface area contributed by atoms with Gasteiger partial charge in [0.25, 0.3) is 0 Å². The Kier molecular flexibility index (Phi) is 6.00. The van der Waals surface area contributed by atoms with Gasteiger partial charge in [0.05, 0.1) is 20.3 Å². The molecule has 2 aromatic rings. The molecule has 0 unspecified atom stereocenters. The van der Waals surface area contributed by atoms with E-state index in [0.29, 0.717) is 19.1 Å². The van der Waals surface area contributed by atoms with Crippen LogP contribution in [0.15, 0.2) is 41.4 Å². The minimum atomic E-state index is 0.428. The third-order valence-electron chi connectivity index (χ3n) is 4.62. The van der Waals surface area contributed by atoms with Gasteiger partial charge in [0, 0.05) is 5.69 Å². The van der Waals surface area contributed by atoms with Crippen LogP contribution in [0.2, 0.25) is 0 Å². The lowest BCUT2D eigenvalue weighted by atomic mass is 9.90. The number of ether oxygens (including phenoxy) is 2. The fourth-order valence-corrected chi connectivity index (χ4v) is 3.34. The maximum absolute atomic E-state index is 6.12. The Bertz CT molecular complexity index is 787. The van der Waals surface area contributed by atoms with Gasteiger partial charge in [-0.1, -0.05) is 18.2 Å². The number of anilines is 1. The van der Waals surface area contributed by atoms with Crippen molar-refractivity contribution in [3.05, 3.63) is 53.1 Å². The minimum Gasteiger partial charge on any atom is -0.493 e. The molecular formula is C21H27N3O2. The van der Waals surface area contributed by atoms with Crippen molar-refractivity contribution in [3.63, 3.8) is 0 Å². The Morgan fingerprint density at radius 2 is 2.00 bits per heavy atom. The van der Waals surface area contributed by atoms with Crippen molar-refractivity contribution in [2.45, 2.75) is 39.2 Å². The van der Waals surface area contributed by atoms with E-state index in [2.05, 4.69) is 28.5 Å². The van der Waals surface area contributed by atoms with Crippen LogP contribution < -0.4 is 20.5 Å². The first kappa shape index (κ1) is 18.1. The lowest BCUT2D eigenvalue weighted by Crippen LogP contribution is -2.24. The van der Waals surface area contributed by atoms with E-state index >= 15 is 0 Å². The smallest absolute Gasteiger partial charge is 0.193 e. The van der Waals surface area contributed by atoms with Crippen molar-refractivity contribution in [1.29, 1.82) is 0 Å². The van der Waals surface area contributed by atoms with Gasteiger partial charge in [-0.25, -0.2) is 4.99 Å². The number of nitrogens with two attached hydrogens (primary N) is 1. The van der Waals surface area contributed by atoms with Gasteiger partial charge in [-0.2, -0.15) is 0 Å². The van der Waals surface area contributed by atoms with Crippen molar-refractivity contribution in [2.24, 2.45) is 10.7 Å². The van der Waals surface area contributed by atoms with E-state index in [1.165, 1.54) is 24.0 Å². The third-order valence-corrected chi connectivity index (χ3v) is 4.62. The van der Waals surface area contributed by atoms with Crippen LogP contribution in [0.5, 0.6) is 11.5 Å². The lowest BCUT2D eigenvalue weighted by Gasteiger charge is -2.19. The second kappa shape index (κ2) is 8.61. The average molecular weight is 353 g/mol. The van der Waals surface area contributed by atoms with Crippen molar-refractivity contribution < 1.29 is 9.47 Å². The van der Waals surface area contributed by atoms with Gasteiger partial charge < -0.3 is 20.5 Å². The van der Waals surface area contributed by atoms with Gasteiger partial charge in [-0.15, -0.1) is 0 Å². The number of benzene rings is 2. The Labute approximate surface area is 155 Å². The van der Waals surface area contributed by atoms with Gasteiger partial charge >= 0.3 is 0 Å². The molecule has 0 radical (unpaired) electrons. The molecular weight excluding hydrogens is 326 g/mol. The molecule has 3 N–H and O–H groups in total. The van der Waals surface area contributed by atoms with Crippen LogP contribution in [0.1, 0.15) is 36.5 Å². The molecule has 0 heterocycles. The van der Waals surface area contributed by atoms with Crippen LogP contribution in [-0.2, 0) is 19.4 Å². The number of rotatable bonds is 6. The van der Waals surface area contributed by atoms with E-state index in [1.807, 2.05) is 25.1 Å². The number of fused-ring (bicyclic) bond motifs is 1. The molecule has 26 heavy (non-hydrogen) atoms. The second-order valence-electron chi connectivity index (χ2n) is 6.40. The van der Waals surface area contributed by atoms with Gasteiger partial charge in [0.1, 0.15) is 0 Å². The predicted molar refractivity (Wildman–Crippen MR) is 106 cm³/mol. The summed E-state index contributed by atoms with van der Waals surface area (Å²) in [5.41, 5.74) is 11.0. The van der Waals surface area contributed by atoms with E-state index in [1.54, 1.807) is 7.11 Å². The molecule has 0 aromatic heterocycles. The van der Waals surface area contributed by atoms with Gasteiger partial charge in [0.2, 0.25) is 0 Å². The molecule has 0 amide bonds. The average Bonchev–Trinajstić information content (AvgIpc) is 2.67. The molecule has 5 nitrogen and oxygen atoms in total. The van der Waals surface area contributed by atoms with Crippen molar-refractivity contribution in [1.82, 2.24) is 0 Å². The fraction of sp³-hybridized carbons (Fsp3) is 0.381. The molecule has 0 bridgehead atoms. The third kappa shape index (κ3) is 4.28. The van der Waals surface area contributed by atoms with E-state index < -0.39 is 0 Å². The number of aliphatic imine (C=N–C) groups is 1. The van der Waals surface area contributed by atoms with Crippen molar-refractivity contribution in [3.8, 4) is 11.5 Å². The summed E-state index contributed by atoms with van der Waals surface area (Å²) in [4.78, 5) is 4.48. The molecule has 0 atom stereocenters. The minimum absolute atomic E-state index is 0.428. The zero-order chi connectivity index (χ0) is 18.4. The first-order valence-electron chi connectivity index (χ1n) is 9.18. The number of guanidine groups is 1. The Hall–Kier alpha value is -2.69. The van der Waals surface area contributed by atoms with E-state index in [-0.39, 0.29) is 0 Å². The Morgan fingerprint density at radius 3 is 2.81 bits per heavy atom. The molecule has 3 rings (SSSR count). The second-order valence-corrected chi connectivity index (χ2v) is 6.40. The highest BCUT2D eigenvalue weighted by Gasteiger charge is 2.13. The summed E-state index contributed by atoms with van der Waals surface area (Å²) in [5.74, 6) is 1.88. The number of nitrogens with zero attached hydrogens (tertiary/aromatic N) is 1. The number of hydrogen-bond donors (Lipinski definition) is 2. The summed E-state index contributed by atoms with van der Waals surface area (Å²) in [6.07, 6.45) is 4.74. The highest BCUT2D eigenvalue weighted by molar-refractivity contribution is 5.93. The topological polar surface area (TPSA) is 68.9 Å². The van der Waals surface area contributed by atoms with Crippen molar-refractivity contribution in [2.75, 3.05) is 19.0 Å². The summed E-state index contributed by atoms with van der Waals surface area (Å²) in [6.45, 7) is 3.02. The normalized spacial score (nSPS) is 13.8. The molecule has 0 fully saturated rings. The maximum atomic E-state index is 6.12. The van der Waals surface area contributed by atoms with Crippen LogP contribution in [0, 0.1) is 0 Å². The first-order valence-corrected chi connectivity index (χ1v) is 9.18. The molecule has 2 aromatic carbocycles. The van der Waals surface area contributed by atoms with E-state index in [0.717, 1.165) is 35.6 Å². The SMILES string of the molecule is CCOc1cc(CN=C(N)Nc2cccc3c2CCCC3)ccc1OC. The summed E-state index contributed by atoms with van der Waals surface area (Å²) in [5, 5.41) is 3.27. The number of aryl methyl sites for hydroxylation is 1. The highest BCUT2D eigenvalue weighted by atomic mass is 16.5. The zero-order valence-electron chi connectivity index (χ0n) is 15.5. The van der Waals surface area contributed by atoms with Gasteiger partial charge in [-0.05, 0) is 67.5 Å². The number of methoxy groups -OCH3 is 1. The zero-order valence-corrected chi connectivity index (χ0v) is 15.5.